The van der Waals surface area contributed by atoms with Crippen LogP contribution in [0.25, 0.3) is 0 Å². The molecule has 0 spiro atoms. The van der Waals surface area contributed by atoms with Crippen molar-refractivity contribution >= 4 is 17.5 Å². The van der Waals surface area contributed by atoms with Gasteiger partial charge in [0.15, 0.2) is 5.82 Å². The van der Waals surface area contributed by atoms with E-state index in [2.05, 4.69) is 9.97 Å². The highest BCUT2D eigenvalue weighted by Gasteiger charge is 2.29. The summed E-state index contributed by atoms with van der Waals surface area (Å²) in [7, 11) is 2.22. The number of aliphatic hydroxyl groups excluding tert-OH is 1. The molecule has 0 aromatic carbocycles. The van der Waals surface area contributed by atoms with Crippen molar-refractivity contribution in [2.45, 2.75) is 39.0 Å². The molecule has 8 nitrogen and oxygen atoms in total. The highest BCUT2D eigenvalue weighted by molar-refractivity contribution is 5.62. The van der Waals surface area contributed by atoms with Crippen LogP contribution in [-0.2, 0) is 4.74 Å². The summed E-state index contributed by atoms with van der Waals surface area (Å²) in [5.41, 5.74) is 10.7. The Morgan fingerprint density at radius 3 is 2.50 bits per heavy atom. The van der Waals surface area contributed by atoms with E-state index in [1.54, 1.807) is 11.9 Å². The number of alkyl halides is 1. The summed E-state index contributed by atoms with van der Waals surface area (Å²) in [6.07, 6.45) is 1.04. The van der Waals surface area contributed by atoms with Gasteiger partial charge in [-0.15, -0.1) is 0 Å². The van der Waals surface area contributed by atoms with Crippen molar-refractivity contribution in [1.82, 2.24) is 9.97 Å². The lowest BCUT2D eigenvalue weighted by atomic mass is 10.2. The molecule has 1 fully saturated rings. The lowest BCUT2D eigenvalue weighted by molar-refractivity contribution is 0.0125. The van der Waals surface area contributed by atoms with Crippen molar-refractivity contribution in [3.63, 3.8) is 0 Å². The average Bonchev–Trinajstić information content (AvgIpc) is 3.03. The van der Waals surface area contributed by atoms with Crippen molar-refractivity contribution in [2.24, 2.45) is 0 Å². The molecule has 2 heterocycles. The highest BCUT2D eigenvalue weighted by atomic mass is 19.1. The van der Waals surface area contributed by atoms with Crippen LogP contribution in [0.3, 0.4) is 0 Å². The number of nitrogens with zero attached hydrogens (tertiary/aromatic N) is 2. The molecular formula is C13H26FN5O3. The molecule has 22 heavy (non-hydrogen) atoms. The molecule has 1 saturated heterocycles. The number of aliphatic hydroxyl groups is 1. The zero-order valence-electron chi connectivity index (χ0n) is 13.5. The van der Waals surface area contributed by atoms with Crippen molar-refractivity contribution < 1.29 is 14.2 Å². The van der Waals surface area contributed by atoms with E-state index in [-0.39, 0.29) is 30.6 Å². The number of nitrogens with one attached hydrogen (secondary N) is 1. The first-order chi connectivity index (χ1) is 10.5. The molecule has 0 bridgehead atoms. The van der Waals surface area contributed by atoms with E-state index in [1.165, 1.54) is 0 Å². The summed E-state index contributed by atoms with van der Waals surface area (Å²) in [4.78, 5) is 19.5. The fourth-order valence-corrected chi connectivity index (χ4v) is 2.00. The number of ether oxygens (including phenoxy) is 1. The number of aromatic amines is 1. The van der Waals surface area contributed by atoms with Gasteiger partial charge in [-0.3, -0.25) is 14.2 Å². The van der Waals surface area contributed by atoms with Crippen LogP contribution in [0.1, 0.15) is 26.7 Å². The van der Waals surface area contributed by atoms with E-state index in [9.17, 15) is 9.18 Å². The number of anilines is 3. The third kappa shape index (κ3) is 4.85. The van der Waals surface area contributed by atoms with Crippen LogP contribution in [-0.4, -0.2) is 48.2 Å². The molecule has 0 radical (unpaired) electrons. The predicted octanol–water partition coefficient (Wildman–Crippen LogP) is 0.480. The van der Waals surface area contributed by atoms with E-state index in [0.717, 1.165) is 12.8 Å². The quantitative estimate of drug-likeness (QED) is 0.637. The van der Waals surface area contributed by atoms with Gasteiger partial charge in [0, 0.05) is 7.05 Å². The zero-order valence-corrected chi connectivity index (χ0v) is 13.5. The summed E-state index contributed by atoms with van der Waals surface area (Å²) in [6.45, 7) is 3.98. The van der Waals surface area contributed by atoms with Crippen molar-refractivity contribution in [1.29, 1.82) is 0 Å². The lowest BCUT2D eigenvalue weighted by Crippen LogP contribution is -2.35. The average molecular weight is 319 g/mol. The summed E-state index contributed by atoms with van der Waals surface area (Å²) in [5.74, 6) is 0.299. The number of halogens is 1. The third-order valence-electron chi connectivity index (χ3n) is 3.01. The first kappa shape index (κ1) is 20.1. The second-order valence-electron chi connectivity index (χ2n) is 4.27. The van der Waals surface area contributed by atoms with Crippen molar-refractivity contribution in [2.75, 3.05) is 37.2 Å². The second-order valence-corrected chi connectivity index (χ2v) is 4.27. The maximum Gasteiger partial charge on any atom is 0.277 e. The van der Waals surface area contributed by atoms with Crippen LogP contribution in [0.5, 0.6) is 0 Å². The van der Waals surface area contributed by atoms with Gasteiger partial charge < -0.3 is 26.2 Å². The fraction of sp³-hybridized carbons (Fsp3) is 0.692. The van der Waals surface area contributed by atoms with Crippen molar-refractivity contribution in [3.8, 4) is 0 Å². The monoisotopic (exact) mass is 319 g/mol. The number of hydrogen-bond donors (Lipinski definition) is 4. The molecule has 1 aromatic heterocycles. The lowest BCUT2D eigenvalue weighted by Gasteiger charge is -2.26. The van der Waals surface area contributed by atoms with Crippen LogP contribution >= 0.6 is 0 Å². The Hall–Kier alpha value is -1.87. The SMILES string of the molecule is CC.CF.CN(c1nc(N)[nH]c(=O)c1N)[C@H]1CCC(CO)O1. The predicted molar refractivity (Wildman–Crippen MR) is 85.4 cm³/mol. The summed E-state index contributed by atoms with van der Waals surface area (Å²) in [5, 5.41) is 9.02. The Bertz CT molecular complexity index is 497. The number of hydrogen-bond acceptors (Lipinski definition) is 7. The Morgan fingerprint density at radius 2 is 2.00 bits per heavy atom. The molecule has 1 unspecified atom stereocenters. The van der Waals surface area contributed by atoms with E-state index in [0.29, 0.717) is 13.0 Å². The molecule has 1 aliphatic rings. The first-order valence-electron chi connectivity index (χ1n) is 7.05. The van der Waals surface area contributed by atoms with Gasteiger partial charge in [0.05, 0.1) is 19.9 Å². The standard InChI is InChI=1S/C10H17N5O3.C2H6.CH3F/c1-15(6-3-2-5(4-16)18-6)8-7(11)9(17)14-10(12)13-8;2*1-2/h5-6,16H,2-4,11H2,1H3,(H3,12,13,14,17);1-2H3;1H3/t5?,6-;;/m1../s1. The number of rotatable bonds is 3. The number of nitrogen functional groups attached to an aromatic ring is 2. The molecule has 0 aliphatic carbocycles. The van der Waals surface area contributed by atoms with Crippen LogP contribution in [0, 0.1) is 0 Å². The summed E-state index contributed by atoms with van der Waals surface area (Å²) < 4.78 is 15.1. The van der Waals surface area contributed by atoms with Gasteiger partial charge in [-0.1, -0.05) is 13.8 Å². The molecular weight excluding hydrogens is 293 g/mol. The maximum atomic E-state index is 11.5. The molecule has 0 saturated carbocycles. The van der Waals surface area contributed by atoms with E-state index < -0.39 is 5.56 Å². The minimum Gasteiger partial charge on any atom is -0.394 e. The number of H-pyrrole nitrogens is 1. The number of nitrogens with two attached hydrogens (primary N) is 2. The van der Waals surface area contributed by atoms with E-state index in [4.69, 9.17) is 21.3 Å². The molecule has 6 N–H and O–H groups in total. The smallest absolute Gasteiger partial charge is 0.277 e. The molecule has 2 rings (SSSR count). The largest absolute Gasteiger partial charge is 0.394 e. The molecule has 9 heteroatoms. The van der Waals surface area contributed by atoms with Crippen LogP contribution < -0.4 is 21.9 Å². The van der Waals surface area contributed by atoms with E-state index in [1.807, 2.05) is 13.8 Å². The van der Waals surface area contributed by atoms with Crippen LogP contribution in [0.2, 0.25) is 0 Å². The van der Waals surface area contributed by atoms with Gasteiger partial charge in [-0.25, -0.2) is 0 Å². The van der Waals surface area contributed by atoms with Crippen LogP contribution in [0.15, 0.2) is 4.79 Å². The minimum atomic E-state index is -0.471. The van der Waals surface area contributed by atoms with Crippen molar-refractivity contribution in [3.05, 3.63) is 10.4 Å². The zero-order chi connectivity index (χ0) is 17.3. The van der Waals surface area contributed by atoms with Crippen LogP contribution in [0.4, 0.5) is 21.8 Å². The highest BCUT2D eigenvalue weighted by Crippen LogP contribution is 2.26. The van der Waals surface area contributed by atoms with Gasteiger partial charge in [-0.2, -0.15) is 4.98 Å². The molecule has 1 aliphatic heterocycles. The third-order valence-corrected chi connectivity index (χ3v) is 3.01. The van der Waals surface area contributed by atoms with Gasteiger partial charge in [0.1, 0.15) is 11.9 Å². The van der Waals surface area contributed by atoms with E-state index >= 15 is 0 Å². The number of aromatic nitrogens is 2. The maximum absolute atomic E-state index is 11.5. The fourth-order valence-electron chi connectivity index (χ4n) is 2.00. The molecule has 1 aromatic rings. The van der Waals surface area contributed by atoms with Gasteiger partial charge in [0.2, 0.25) is 5.95 Å². The van der Waals surface area contributed by atoms with Gasteiger partial charge in [-0.05, 0) is 12.8 Å². The first-order valence-corrected chi connectivity index (χ1v) is 7.05. The second kappa shape index (κ2) is 9.96. The molecule has 0 amide bonds. The Morgan fingerprint density at radius 1 is 1.41 bits per heavy atom. The summed E-state index contributed by atoms with van der Waals surface area (Å²) in [6, 6.07) is 0. The van der Waals surface area contributed by atoms with Gasteiger partial charge >= 0.3 is 0 Å². The molecule has 2 atom stereocenters. The Balaban J connectivity index is 0.00000102. The van der Waals surface area contributed by atoms with Gasteiger partial charge in [0.25, 0.3) is 5.56 Å². The summed E-state index contributed by atoms with van der Waals surface area (Å²) >= 11 is 0. The normalized spacial score (nSPS) is 19.5. The Labute approximate surface area is 129 Å². The minimum absolute atomic E-state index is 0.00254. The topological polar surface area (TPSA) is 130 Å². The molecule has 128 valence electrons. The Kier molecular flexibility index (Phi) is 9.11.